The molecule has 190 valence electrons. The number of nitrogens with zero attached hydrogens (tertiary/aromatic N) is 7. The first-order chi connectivity index (χ1) is 17.5. The maximum absolute atomic E-state index is 14.5. The average Bonchev–Trinajstić information content (AvgIpc) is 3.45. The van der Waals surface area contributed by atoms with Gasteiger partial charge in [-0.25, -0.2) is 27.2 Å². The Morgan fingerprint density at radius 2 is 1.86 bits per heavy atom. The van der Waals surface area contributed by atoms with E-state index in [1.807, 2.05) is 6.07 Å². The first-order valence-corrected chi connectivity index (χ1v) is 13.5. The number of benzene rings is 1. The molecule has 3 heterocycles. The van der Waals surface area contributed by atoms with Gasteiger partial charge in [0, 0.05) is 6.20 Å². The van der Waals surface area contributed by atoms with E-state index in [4.69, 9.17) is 4.98 Å². The van der Waals surface area contributed by atoms with Gasteiger partial charge in [0.1, 0.15) is 18.0 Å². The highest BCUT2D eigenvalue weighted by atomic mass is 32.2. The summed E-state index contributed by atoms with van der Waals surface area (Å²) in [6.07, 6.45) is 5.54. The van der Waals surface area contributed by atoms with Gasteiger partial charge in [0.05, 0.1) is 34.3 Å². The van der Waals surface area contributed by atoms with E-state index in [1.165, 1.54) is 29.2 Å². The molecule has 0 saturated heterocycles. The lowest BCUT2D eigenvalue weighted by atomic mass is 9.66. The Morgan fingerprint density at radius 3 is 2.59 bits per heavy atom. The molecule has 10 nitrogen and oxygen atoms in total. The number of fused-ring (bicyclic) bond motifs is 5. The fourth-order valence-corrected chi connectivity index (χ4v) is 6.45. The van der Waals surface area contributed by atoms with E-state index >= 15 is 0 Å². The largest absolute Gasteiger partial charge is 0.256 e. The van der Waals surface area contributed by atoms with Gasteiger partial charge in [-0.3, -0.25) is 4.72 Å². The third-order valence-electron chi connectivity index (χ3n) is 7.65. The fourth-order valence-electron chi connectivity index (χ4n) is 6.03. The Morgan fingerprint density at radius 1 is 1.11 bits per heavy atom. The van der Waals surface area contributed by atoms with Crippen LogP contribution in [0.3, 0.4) is 0 Å². The summed E-state index contributed by atoms with van der Waals surface area (Å²) in [7, 11) is -3.54. The molecule has 1 aromatic carbocycles. The molecular weight excluding hydrogens is 502 g/mol. The van der Waals surface area contributed by atoms with Crippen LogP contribution in [0.15, 0.2) is 42.9 Å². The minimum atomic E-state index is -3.54. The summed E-state index contributed by atoms with van der Waals surface area (Å²) in [6.45, 7) is 4.28. The van der Waals surface area contributed by atoms with Crippen molar-refractivity contribution in [2.24, 2.45) is 5.41 Å². The van der Waals surface area contributed by atoms with Gasteiger partial charge in [-0.15, -0.1) is 10.2 Å². The second kappa shape index (κ2) is 7.81. The highest BCUT2D eigenvalue weighted by Gasteiger charge is 2.65. The lowest BCUT2D eigenvalue weighted by molar-refractivity contribution is 0.242. The molecule has 0 amide bonds. The van der Waals surface area contributed by atoms with Crippen LogP contribution in [-0.4, -0.2) is 49.6 Å². The Bertz CT molecular complexity index is 1650. The zero-order valence-electron chi connectivity index (χ0n) is 20.1. The van der Waals surface area contributed by atoms with Gasteiger partial charge in [0.25, 0.3) is 11.9 Å². The Labute approximate surface area is 211 Å². The van der Waals surface area contributed by atoms with Crippen LogP contribution in [0.5, 0.6) is 0 Å². The molecule has 2 bridgehead atoms. The molecule has 4 aromatic rings. The van der Waals surface area contributed by atoms with Crippen LogP contribution in [0.1, 0.15) is 49.6 Å². The van der Waals surface area contributed by atoms with E-state index in [1.54, 1.807) is 12.3 Å². The summed E-state index contributed by atoms with van der Waals surface area (Å²) < 4.78 is 55.5. The zero-order valence-corrected chi connectivity index (χ0v) is 21.0. The summed E-state index contributed by atoms with van der Waals surface area (Å²) in [5, 5.41) is 12.9. The molecule has 3 aromatic heterocycles. The van der Waals surface area contributed by atoms with Crippen LogP contribution in [0.4, 0.5) is 14.7 Å². The van der Waals surface area contributed by atoms with Crippen molar-refractivity contribution in [1.29, 1.82) is 0 Å². The predicted molar refractivity (Wildman–Crippen MR) is 129 cm³/mol. The second-order valence-electron chi connectivity index (χ2n) is 9.98. The van der Waals surface area contributed by atoms with E-state index in [2.05, 4.69) is 43.8 Å². The number of hydrogen-bond donors (Lipinski definition) is 1. The molecule has 2 aliphatic rings. The summed E-state index contributed by atoms with van der Waals surface area (Å²) >= 11 is 0. The van der Waals surface area contributed by atoms with E-state index in [0.29, 0.717) is 5.69 Å². The maximum Gasteiger partial charge on any atom is 0.256 e. The molecule has 13 heteroatoms. The molecule has 0 aliphatic heterocycles. The summed E-state index contributed by atoms with van der Waals surface area (Å²) in [6, 6.07) is 7.29. The van der Waals surface area contributed by atoms with Crippen LogP contribution in [-0.2, 0) is 15.4 Å². The van der Waals surface area contributed by atoms with Gasteiger partial charge in [-0.05, 0) is 54.0 Å². The highest BCUT2D eigenvalue weighted by Crippen LogP contribution is 2.69. The van der Waals surface area contributed by atoms with E-state index in [9.17, 15) is 17.2 Å². The van der Waals surface area contributed by atoms with Crippen LogP contribution in [0.25, 0.3) is 17.2 Å². The topological polar surface area (TPSA) is 128 Å². The molecule has 0 spiro atoms. The zero-order chi connectivity index (χ0) is 26.2. The van der Waals surface area contributed by atoms with Gasteiger partial charge >= 0.3 is 0 Å². The number of nitrogens with one attached hydrogen (secondary N) is 1. The van der Waals surface area contributed by atoms with Gasteiger partial charge in [0.2, 0.25) is 10.0 Å². The molecule has 0 radical (unpaired) electrons. The maximum atomic E-state index is 14.5. The average molecular weight is 525 g/mol. The van der Waals surface area contributed by atoms with E-state index < -0.39 is 27.1 Å². The smallest absolute Gasteiger partial charge is 0.250 e. The van der Waals surface area contributed by atoms with E-state index in [0.717, 1.165) is 30.4 Å². The molecule has 2 atom stereocenters. The number of rotatable bonds is 5. The monoisotopic (exact) mass is 524 g/mol. The number of halogens is 2. The number of sulfonamides is 1. The molecule has 37 heavy (non-hydrogen) atoms. The van der Waals surface area contributed by atoms with Crippen molar-refractivity contribution >= 4 is 16.0 Å². The van der Waals surface area contributed by atoms with Crippen LogP contribution in [0.2, 0.25) is 0 Å². The molecule has 6 rings (SSSR count). The van der Waals surface area contributed by atoms with Crippen molar-refractivity contribution < 1.29 is 17.2 Å². The third kappa shape index (κ3) is 3.44. The number of hydrogen-bond acceptors (Lipinski definition) is 8. The van der Waals surface area contributed by atoms with Crippen LogP contribution in [0, 0.1) is 17.0 Å². The quantitative estimate of drug-likeness (QED) is 0.421. The van der Waals surface area contributed by atoms with E-state index in [-0.39, 0.29) is 34.5 Å². The van der Waals surface area contributed by atoms with Crippen LogP contribution < -0.4 is 4.72 Å². The first kappa shape index (κ1) is 23.5. The van der Waals surface area contributed by atoms with Crippen molar-refractivity contribution in [2.45, 2.75) is 38.0 Å². The van der Waals surface area contributed by atoms with Gasteiger partial charge in [-0.1, -0.05) is 19.9 Å². The Balaban J connectivity index is 1.45. The fraction of sp³-hybridized carbons (Fsp3) is 0.333. The molecule has 1 N–H and O–H groups in total. The van der Waals surface area contributed by atoms with Crippen molar-refractivity contribution in [1.82, 2.24) is 34.9 Å². The normalized spacial score (nSPS) is 21.7. The van der Waals surface area contributed by atoms with Crippen molar-refractivity contribution in [3.05, 3.63) is 71.4 Å². The number of anilines is 1. The second-order valence-corrected chi connectivity index (χ2v) is 11.7. The molecule has 1 saturated carbocycles. The molecule has 0 unspecified atom stereocenters. The Hall–Kier alpha value is -3.87. The lowest BCUT2D eigenvalue weighted by Crippen LogP contribution is -2.38. The van der Waals surface area contributed by atoms with Crippen molar-refractivity contribution in [2.75, 3.05) is 11.0 Å². The van der Waals surface area contributed by atoms with Crippen LogP contribution >= 0.6 is 0 Å². The molecule has 1 fully saturated rings. The number of aromatic nitrogens is 7. The SMILES string of the molecule is CC1(C)[C@H]2CC[C@@]1(c1ccnc(-n3cnc(NS(C)(=O)=O)n3)n1)c1nnc(-c3c(F)cccc3F)cc12. The minimum absolute atomic E-state index is 0.0851. The summed E-state index contributed by atoms with van der Waals surface area (Å²) in [4.78, 5) is 13.1. The van der Waals surface area contributed by atoms with Gasteiger partial charge in [-0.2, -0.15) is 14.8 Å². The summed E-state index contributed by atoms with van der Waals surface area (Å²) in [5.41, 5.74) is 1.37. The predicted octanol–water partition coefficient (Wildman–Crippen LogP) is 3.37. The minimum Gasteiger partial charge on any atom is -0.250 e. The third-order valence-corrected chi connectivity index (χ3v) is 8.21. The molecular formula is C24H22F2N8O2S. The lowest BCUT2D eigenvalue weighted by Gasteiger charge is -2.37. The van der Waals surface area contributed by atoms with Crippen molar-refractivity contribution in [3.8, 4) is 17.2 Å². The highest BCUT2D eigenvalue weighted by molar-refractivity contribution is 7.91. The molecule has 2 aliphatic carbocycles. The first-order valence-electron chi connectivity index (χ1n) is 11.6. The Kier molecular flexibility index (Phi) is 4.97. The van der Waals surface area contributed by atoms with Gasteiger partial charge in [0.15, 0.2) is 0 Å². The van der Waals surface area contributed by atoms with Crippen molar-refractivity contribution in [3.63, 3.8) is 0 Å². The summed E-state index contributed by atoms with van der Waals surface area (Å²) in [5.74, 6) is -1.18. The van der Waals surface area contributed by atoms with Gasteiger partial charge < -0.3 is 0 Å². The standard InChI is InChI=1S/C24H22F2N8O2S/c1-23(2)14-7-9-24(23,20-13(14)11-17(30-31-20)19-15(25)5-4-6-16(19)26)18-8-10-27-22(29-18)34-12-28-21(32-34)33-37(3,35)36/h4-6,8,10-12,14H,7,9H2,1-3H3,(H,32,33)/t14-,24+/m0/s1.